The predicted octanol–water partition coefficient (Wildman–Crippen LogP) is 13.6. The Morgan fingerprint density at radius 2 is 1.02 bits per heavy atom. The summed E-state index contributed by atoms with van der Waals surface area (Å²) in [6.07, 6.45) is 0. The van der Waals surface area contributed by atoms with Crippen molar-refractivity contribution in [2.45, 2.75) is 5.41 Å². The van der Waals surface area contributed by atoms with Crippen molar-refractivity contribution in [3.63, 3.8) is 0 Å². The van der Waals surface area contributed by atoms with E-state index in [4.69, 9.17) is 4.98 Å². The van der Waals surface area contributed by atoms with Crippen LogP contribution in [0, 0.1) is 0 Å². The van der Waals surface area contributed by atoms with Gasteiger partial charge in [-0.3, -0.25) is 4.57 Å². The molecule has 0 N–H and O–H groups in total. The van der Waals surface area contributed by atoms with Crippen LogP contribution >= 0.6 is 0 Å². The number of fused-ring (bicyclic) bond motifs is 14. The molecule has 0 radical (unpaired) electrons. The Labute approximate surface area is 323 Å². The molecule has 1 atom stereocenters. The Morgan fingerprint density at radius 1 is 0.393 bits per heavy atom. The third-order valence-corrected chi connectivity index (χ3v) is 12.7. The third kappa shape index (κ3) is 3.73. The first-order valence-corrected chi connectivity index (χ1v) is 19.5. The van der Waals surface area contributed by atoms with Gasteiger partial charge in [-0.2, -0.15) is 0 Å². The molecule has 0 saturated carbocycles. The summed E-state index contributed by atoms with van der Waals surface area (Å²) in [5.74, 6) is 0.934. The maximum Gasteiger partial charge on any atom is 0.145 e. The Balaban J connectivity index is 1.22. The number of hydrogen-bond acceptors (Lipinski definition) is 1. The Hall–Kier alpha value is -7.29. The van der Waals surface area contributed by atoms with E-state index in [1.165, 1.54) is 88.0 Å². The minimum absolute atomic E-state index is 0.624. The van der Waals surface area contributed by atoms with Crippen molar-refractivity contribution in [2.75, 3.05) is 0 Å². The van der Waals surface area contributed by atoms with E-state index in [-0.39, 0.29) is 0 Å². The minimum Gasteiger partial charge on any atom is -0.292 e. The molecule has 0 amide bonds. The summed E-state index contributed by atoms with van der Waals surface area (Å²) >= 11 is 0. The van der Waals surface area contributed by atoms with E-state index >= 15 is 0 Å². The number of imidazole rings is 1. The molecule has 1 spiro atoms. The van der Waals surface area contributed by atoms with Gasteiger partial charge in [-0.15, -0.1) is 0 Å². The maximum absolute atomic E-state index is 5.38. The van der Waals surface area contributed by atoms with Crippen molar-refractivity contribution in [1.29, 1.82) is 0 Å². The Bertz CT molecular complexity index is 3410. The van der Waals surface area contributed by atoms with E-state index in [9.17, 15) is 0 Å². The van der Waals surface area contributed by atoms with Gasteiger partial charge in [-0.1, -0.05) is 158 Å². The van der Waals surface area contributed by atoms with E-state index in [1.54, 1.807) is 0 Å². The topological polar surface area (TPSA) is 17.8 Å². The van der Waals surface area contributed by atoms with Gasteiger partial charge in [0.05, 0.1) is 16.4 Å². The van der Waals surface area contributed by atoms with Crippen LogP contribution in [-0.4, -0.2) is 9.55 Å². The molecule has 2 aliphatic carbocycles. The summed E-state index contributed by atoms with van der Waals surface area (Å²) in [7, 11) is 0. The third-order valence-electron chi connectivity index (χ3n) is 12.7. The molecular formula is C54H32N2. The first-order valence-electron chi connectivity index (χ1n) is 19.5. The molecule has 11 aromatic rings. The normalized spacial score (nSPS) is 15.2. The molecule has 258 valence electrons. The van der Waals surface area contributed by atoms with Gasteiger partial charge in [-0.25, -0.2) is 4.98 Å². The van der Waals surface area contributed by atoms with Crippen LogP contribution in [0.5, 0.6) is 0 Å². The van der Waals surface area contributed by atoms with Crippen molar-refractivity contribution in [1.82, 2.24) is 9.55 Å². The van der Waals surface area contributed by atoms with Gasteiger partial charge in [-0.05, 0) is 124 Å². The smallest absolute Gasteiger partial charge is 0.145 e. The van der Waals surface area contributed by atoms with E-state index < -0.39 is 5.41 Å². The standard InChI is InChI=1S/C54H32N2/c1-2-15-37(16-3-1)56-49-24-11-10-23-48(49)55-53(56)36-28-29-41-39-18-5-4-17-38(39)40-19-6-8-21-44(40)54(46(41)32-36)45-22-9-7-20-42(45)52-43-30-27-34-14-12-13-33-25-26-35(31-47(52)54)51(43)50(33)34/h1-32H. The molecule has 2 heteroatoms. The van der Waals surface area contributed by atoms with Crippen LogP contribution < -0.4 is 0 Å². The second kappa shape index (κ2) is 10.9. The zero-order chi connectivity index (χ0) is 36.5. The molecular weight excluding hydrogens is 677 g/mol. The lowest BCUT2D eigenvalue weighted by Crippen LogP contribution is -2.29. The van der Waals surface area contributed by atoms with E-state index in [0.29, 0.717) is 0 Å². The van der Waals surface area contributed by atoms with Crippen molar-refractivity contribution >= 4 is 43.4 Å². The molecule has 1 heterocycles. The molecule has 13 rings (SSSR count). The summed E-state index contributed by atoms with van der Waals surface area (Å²) < 4.78 is 2.32. The Morgan fingerprint density at radius 3 is 1.82 bits per heavy atom. The highest BCUT2D eigenvalue weighted by Gasteiger charge is 2.50. The molecule has 10 aromatic carbocycles. The fourth-order valence-electron chi connectivity index (χ4n) is 10.6. The summed E-state index contributed by atoms with van der Waals surface area (Å²) in [6, 6.07) is 72.2. The lowest BCUT2D eigenvalue weighted by molar-refractivity contribution is 0.777. The quantitative estimate of drug-likeness (QED) is 0.164. The lowest BCUT2D eigenvalue weighted by atomic mass is 9.65. The number of para-hydroxylation sites is 3. The van der Waals surface area contributed by atoms with Crippen molar-refractivity contribution in [2.24, 2.45) is 0 Å². The molecule has 1 aromatic heterocycles. The van der Waals surface area contributed by atoms with Crippen LogP contribution in [0.25, 0.3) is 93.8 Å². The molecule has 56 heavy (non-hydrogen) atoms. The number of benzene rings is 10. The monoisotopic (exact) mass is 708 g/mol. The second-order valence-corrected chi connectivity index (χ2v) is 15.4. The van der Waals surface area contributed by atoms with Crippen molar-refractivity contribution < 1.29 is 0 Å². The fourth-order valence-corrected chi connectivity index (χ4v) is 10.6. The zero-order valence-corrected chi connectivity index (χ0v) is 30.4. The predicted molar refractivity (Wildman–Crippen MR) is 232 cm³/mol. The molecule has 2 nitrogen and oxygen atoms in total. The largest absolute Gasteiger partial charge is 0.292 e. The van der Waals surface area contributed by atoms with E-state index in [0.717, 1.165) is 28.1 Å². The van der Waals surface area contributed by atoms with Crippen LogP contribution in [-0.2, 0) is 5.41 Å². The van der Waals surface area contributed by atoms with Gasteiger partial charge in [0.15, 0.2) is 0 Å². The van der Waals surface area contributed by atoms with Gasteiger partial charge in [0, 0.05) is 11.3 Å². The van der Waals surface area contributed by atoms with Crippen LogP contribution in [0.3, 0.4) is 0 Å². The van der Waals surface area contributed by atoms with E-state index in [2.05, 4.69) is 199 Å². The SMILES string of the molecule is c1ccc(-n2c(-c3ccc4c(c3)C3(c5ccccc5-c5ccccc5-4)c4ccccc4-c4c3cc3ccc5cccc6ccc4c3c56)nc3ccccc32)cc1. The van der Waals surface area contributed by atoms with Crippen molar-refractivity contribution in [3.8, 4) is 50.5 Å². The van der Waals surface area contributed by atoms with Crippen LogP contribution in [0.4, 0.5) is 0 Å². The lowest BCUT2D eigenvalue weighted by Gasteiger charge is -2.36. The fraction of sp³-hybridized carbons (Fsp3) is 0.0185. The first-order chi connectivity index (χ1) is 27.8. The van der Waals surface area contributed by atoms with Gasteiger partial charge >= 0.3 is 0 Å². The van der Waals surface area contributed by atoms with Crippen LogP contribution in [0.15, 0.2) is 194 Å². The molecule has 0 bridgehead atoms. The summed E-state index contributed by atoms with van der Waals surface area (Å²) in [4.78, 5) is 5.38. The highest BCUT2D eigenvalue weighted by atomic mass is 15.1. The number of aromatic nitrogens is 2. The highest BCUT2D eigenvalue weighted by molar-refractivity contribution is 6.27. The molecule has 0 fully saturated rings. The van der Waals surface area contributed by atoms with Crippen molar-refractivity contribution in [3.05, 3.63) is 216 Å². The van der Waals surface area contributed by atoms with Crippen LogP contribution in [0.2, 0.25) is 0 Å². The van der Waals surface area contributed by atoms with E-state index in [1.807, 2.05) is 0 Å². The summed E-state index contributed by atoms with van der Waals surface area (Å²) in [5, 5.41) is 7.86. The molecule has 2 aliphatic rings. The summed E-state index contributed by atoms with van der Waals surface area (Å²) in [5.41, 5.74) is 16.5. The number of rotatable bonds is 2. The average molecular weight is 709 g/mol. The first kappa shape index (κ1) is 30.1. The zero-order valence-electron chi connectivity index (χ0n) is 30.4. The van der Waals surface area contributed by atoms with Crippen LogP contribution in [0.1, 0.15) is 22.3 Å². The van der Waals surface area contributed by atoms with Gasteiger partial charge in [0.2, 0.25) is 0 Å². The summed E-state index contributed by atoms with van der Waals surface area (Å²) in [6.45, 7) is 0. The highest BCUT2D eigenvalue weighted by Crippen LogP contribution is 2.63. The molecule has 0 aliphatic heterocycles. The molecule has 1 unspecified atom stereocenters. The van der Waals surface area contributed by atoms with Gasteiger partial charge < -0.3 is 0 Å². The number of nitrogens with zero attached hydrogens (tertiary/aromatic N) is 2. The Kier molecular flexibility index (Phi) is 5.86. The molecule has 0 saturated heterocycles. The number of hydrogen-bond donors (Lipinski definition) is 0. The minimum atomic E-state index is -0.624. The van der Waals surface area contributed by atoms with Gasteiger partial charge in [0.25, 0.3) is 0 Å². The second-order valence-electron chi connectivity index (χ2n) is 15.4. The average Bonchev–Trinajstić information content (AvgIpc) is 3.77. The maximum atomic E-state index is 5.38. The van der Waals surface area contributed by atoms with Gasteiger partial charge in [0.1, 0.15) is 5.82 Å².